The molecular weight excluding hydrogens is 795 g/mol. The predicted molar refractivity (Wildman–Crippen MR) is 222 cm³/mol. The number of carbonyl (C=O) groups excluding carboxylic acids is 7. The molecule has 0 bridgehead atoms. The largest absolute Gasteiger partial charge is 0.460 e. The van der Waals surface area contributed by atoms with Gasteiger partial charge in [0, 0.05) is 78.7 Å². The van der Waals surface area contributed by atoms with E-state index in [9.17, 15) is 33.6 Å². The molecule has 0 spiro atoms. The summed E-state index contributed by atoms with van der Waals surface area (Å²) in [6, 6.07) is 5.20. The minimum Gasteiger partial charge on any atom is -0.460 e. The number of aromatic nitrogens is 7. The molecule has 0 aliphatic rings. The third kappa shape index (κ3) is 11.5. The first-order valence-electron chi connectivity index (χ1n) is 18.9. The third-order valence-corrected chi connectivity index (χ3v) is 8.78. The molecule has 0 radical (unpaired) electrons. The number of ether oxygens (including phenoxy) is 2. The van der Waals surface area contributed by atoms with Crippen LogP contribution in [0.4, 0.5) is 33.6 Å². The number of nitrogens with zero attached hydrogens (tertiary/aromatic N) is 7. The van der Waals surface area contributed by atoms with Gasteiger partial charge in [-0.3, -0.25) is 24.0 Å². The van der Waals surface area contributed by atoms with Crippen LogP contribution in [-0.4, -0.2) is 92.7 Å². The molecule has 6 N–H and O–H groups in total. The molecule has 0 saturated carbocycles. The summed E-state index contributed by atoms with van der Waals surface area (Å²) in [5, 5.41) is 15.9. The maximum absolute atomic E-state index is 13.3. The first-order valence-corrected chi connectivity index (χ1v) is 18.9. The fraction of sp³-hybridized carbons (Fsp3) is 0.359. The van der Waals surface area contributed by atoms with Crippen LogP contribution < -0.4 is 31.9 Å². The smallest absolute Gasteiger partial charge is 0.408 e. The van der Waals surface area contributed by atoms with Crippen molar-refractivity contribution >= 4 is 70.4 Å². The second kappa shape index (κ2) is 18.5. The van der Waals surface area contributed by atoms with Gasteiger partial charge in [0.25, 0.3) is 17.7 Å². The zero-order valence-electron chi connectivity index (χ0n) is 35.2. The summed E-state index contributed by atoms with van der Waals surface area (Å²) in [6.45, 7) is 6.74. The average Bonchev–Trinajstić information content (AvgIpc) is 3.99. The lowest BCUT2D eigenvalue weighted by Crippen LogP contribution is -2.46. The van der Waals surface area contributed by atoms with Gasteiger partial charge in [-0.1, -0.05) is 0 Å². The summed E-state index contributed by atoms with van der Waals surface area (Å²) in [7, 11) is 8.16. The number of rotatable bonds is 15. The van der Waals surface area contributed by atoms with Crippen molar-refractivity contribution in [2.75, 3.05) is 33.2 Å². The predicted octanol–water partition coefficient (Wildman–Crippen LogP) is 3.35. The van der Waals surface area contributed by atoms with Crippen LogP contribution >= 0.6 is 0 Å². The highest BCUT2D eigenvalue weighted by Gasteiger charge is 2.27. The fourth-order valence-corrected chi connectivity index (χ4v) is 5.94. The molecule has 5 rings (SSSR count). The number of hydrogen-bond donors (Lipinski definition) is 6. The zero-order valence-corrected chi connectivity index (χ0v) is 35.2. The summed E-state index contributed by atoms with van der Waals surface area (Å²) >= 11 is 0. The van der Waals surface area contributed by atoms with E-state index in [1.165, 1.54) is 33.7 Å². The molecule has 5 aromatic heterocycles. The molecule has 5 heterocycles. The number of carbonyl (C=O) groups is 7. The van der Waals surface area contributed by atoms with Gasteiger partial charge in [0.1, 0.15) is 28.8 Å². The molecule has 0 saturated heterocycles. The Morgan fingerprint density at radius 2 is 1.30 bits per heavy atom. The van der Waals surface area contributed by atoms with Crippen molar-refractivity contribution in [1.29, 1.82) is 0 Å². The van der Waals surface area contributed by atoms with Crippen molar-refractivity contribution in [3.8, 4) is 0 Å². The molecule has 0 aliphatic carbocycles. The molecule has 22 heteroatoms. The highest BCUT2D eigenvalue weighted by atomic mass is 16.6. The Morgan fingerprint density at radius 1 is 0.689 bits per heavy atom. The summed E-state index contributed by atoms with van der Waals surface area (Å²) in [5.74, 6) is -3.05. The van der Waals surface area contributed by atoms with Crippen LogP contribution in [0.25, 0.3) is 0 Å². The normalized spacial score (nSPS) is 11.6. The minimum atomic E-state index is -1.25. The number of esters is 1. The number of amides is 6. The molecule has 61 heavy (non-hydrogen) atoms. The van der Waals surface area contributed by atoms with Crippen LogP contribution in [0.3, 0.4) is 0 Å². The Morgan fingerprint density at radius 3 is 1.95 bits per heavy atom. The van der Waals surface area contributed by atoms with E-state index < -0.39 is 47.3 Å². The highest BCUT2D eigenvalue weighted by Crippen LogP contribution is 2.21. The van der Waals surface area contributed by atoms with Crippen LogP contribution in [0.15, 0.2) is 55.2 Å². The molecule has 0 unspecified atom stereocenters. The Hall–Kier alpha value is -7.65. The monoisotopic (exact) mass is 843 g/mol. The lowest BCUT2D eigenvalue weighted by atomic mass is 10.1. The molecule has 22 nitrogen and oxygen atoms in total. The maximum atomic E-state index is 13.3. The van der Waals surface area contributed by atoms with E-state index in [0.29, 0.717) is 22.9 Å². The number of hydrogen-bond acceptors (Lipinski definition) is 11. The second-order valence-corrected chi connectivity index (χ2v) is 14.9. The van der Waals surface area contributed by atoms with Gasteiger partial charge < -0.3 is 64.2 Å². The molecule has 5 aromatic rings. The molecule has 324 valence electrons. The van der Waals surface area contributed by atoms with Crippen molar-refractivity contribution in [3.63, 3.8) is 0 Å². The number of nitrogens with one attached hydrogen (secondary N) is 6. The van der Waals surface area contributed by atoms with Gasteiger partial charge in [-0.25, -0.2) is 19.6 Å². The molecule has 1 atom stereocenters. The number of alkyl carbamates (subject to hydrolysis) is 1. The van der Waals surface area contributed by atoms with Crippen molar-refractivity contribution < 1.29 is 43.0 Å². The second-order valence-electron chi connectivity index (χ2n) is 14.9. The van der Waals surface area contributed by atoms with E-state index in [-0.39, 0.29) is 54.3 Å². The van der Waals surface area contributed by atoms with Crippen LogP contribution in [0, 0.1) is 0 Å². The topological polar surface area (TPSA) is 261 Å². The molecular formula is C39H49N13O9. The lowest BCUT2D eigenvalue weighted by Gasteiger charge is -2.23. The molecule has 0 aliphatic heterocycles. The minimum absolute atomic E-state index is 0.0224. The van der Waals surface area contributed by atoms with E-state index >= 15 is 0 Å². The van der Waals surface area contributed by atoms with E-state index in [2.05, 4.69) is 41.9 Å². The van der Waals surface area contributed by atoms with Gasteiger partial charge in [0.2, 0.25) is 23.5 Å². The van der Waals surface area contributed by atoms with Crippen LogP contribution in [0.5, 0.6) is 0 Å². The standard InChI is InChI=1S/C39H49N13O9/c1-10-60-37(58)32-44-28(21-52(32)9)45-33(54)24(42-38(59)61-39(2,3)4)13-14-30(53)47-29-17-23(19-50(29)7)41-36(57)31-43-27(20-51(31)8)46-35(56)26-16-22(18-49(26)6)40-34(55)25-12-11-15-48(25)5/h11-12,15-21,24H,10,13-14H2,1-9H3,(H,40,55)(H,41,57)(H,42,59)(H,45,54)(H,46,56)(H,47,53)/t24-/m1/s1. The highest BCUT2D eigenvalue weighted by molar-refractivity contribution is 6.07. The Labute approximate surface area is 350 Å². The lowest BCUT2D eigenvalue weighted by molar-refractivity contribution is -0.119. The Balaban J connectivity index is 1.18. The van der Waals surface area contributed by atoms with Gasteiger partial charge in [-0.2, -0.15) is 0 Å². The van der Waals surface area contributed by atoms with Crippen molar-refractivity contribution in [2.24, 2.45) is 35.2 Å². The number of imidazole rings is 2. The van der Waals surface area contributed by atoms with Gasteiger partial charge >= 0.3 is 12.1 Å². The third-order valence-electron chi connectivity index (χ3n) is 8.78. The van der Waals surface area contributed by atoms with Crippen LogP contribution in [0.2, 0.25) is 0 Å². The summed E-state index contributed by atoms with van der Waals surface area (Å²) in [5.41, 5.74) is 0.526. The average molecular weight is 844 g/mol. The van der Waals surface area contributed by atoms with E-state index in [1.54, 1.807) is 107 Å². The Kier molecular flexibility index (Phi) is 13.5. The summed E-state index contributed by atoms with van der Waals surface area (Å²) in [4.78, 5) is 98.9. The maximum Gasteiger partial charge on any atom is 0.408 e. The fourth-order valence-electron chi connectivity index (χ4n) is 5.94. The van der Waals surface area contributed by atoms with Crippen LogP contribution in [0.1, 0.15) is 82.8 Å². The first-order chi connectivity index (χ1) is 28.7. The van der Waals surface area contributed by atoms with Crippen molar-refractivity contribution in [1.82, 2.24) is 38.1 Å². The molecule has 6 amide bonds. The van der Waals surface area contributed by atoms with Gasteiger partial charge in [0.05, 0.1) is 18.0 Å². The molecule has 0 aromatic carbocycles. The summed E-state index contributed by atoms with van der Waals surface area (Å²) < 4.78 is 17.9. The van der Waals surface area contributed by atoms with Gasteiger partial charge in [-0.05, 0) is 52.3 Å². The van der Waals surface area contributed by atoms with E-state index in [1.807, 2.05) is 0 Å². The first kappa shape index (κ1) is 44.5. The van der Waals surface area contributed by atoms with Crippen molar-refractivity contribution in [2.45, 2.75) is 52.2 Å². The SMILES string of the molecule is CCOC(=O)c1nc(NC(=O)[C@@H](CCC(=O)Nc2cc(NC(=O)c3nc(NC(=O)c4cc(NC(=O)c5cccn5C)cn4C)cn3C)cn2C)NC(=O)OC(C)(C)C)cn1C. The zero-order chi connectivity index (χ0) is 44.8. The number of anilines is 5. The summed E-state index contributed by atoms with van der Waals surface area (Å²) in [6.07, 6.45) is 6.49. The number of aryl methyl sites for hydroxylation is 5. The van der Waals surface area contributed by atoms with E-state index in [0.717, 1.165) is 0 Å². The Bertz CT molecular complexity index is 2480. The van der Waals surface area contributed by atoms with Gasteiger partial charge in [-0.15, -0.1) is 0 Å². The van der Waals surface area contributed by atoms with Crippen molar-refractivity contribution in [3.05, 3.63) is 78.3 Å². The van der Waals surface area contributed by atoms with Gasteiger partial charge in [0.15, 0.2) is 11.6 Å². The van der Waals surface area contributed by atoms with Crippen LogP contribution in [-0.2, 0) is 54.3 Å². The quantitative estimate of drug-likeness (QED) is 0.0833. The molecule has 0 fully saturated rings. The van der Waals surface area contributed by atoms with E-state index in [4.69, 9.17) is 9.47 Å².